The number of benzene rings is 2. The first-order valence-corrected chi connectivity index (χ1v) is 11.0. The minimum absolute atomic E-state index is 0.00941. The van der Waals surface area contributed by atoms with Gasteiger partial charge in [-0.1, -0.05) is 30.3 Å². The highest BCUT2D eigenvalue weighted by atomic mass is 79.9. The molecule has 2 aromatic carbocycles. The Hall–Kier alpha value is -2.45. The van der Waals surface area contributed by atoms with Crippen LogP contribution in [0.2, 0.25) is 0 Å². The number of carboxylic acid groups (broad SMARTS) is 1. The second-order valence-corrected chi connectivity index (χ2v) is 8.58. The van der Waals surface area contributed by atoms with E-state index in [1.165, 1.54) is 13.2 Å². The number of hydrogen-bond acceptors (Lipinski definition) is 5. The van der Waals surface area contributed by atoms with Crippen LogP contribution in [0.15, 0.2) is 46.9 Å². The minimum Gasteiger partial charge on any atom is -0.495 e. The largest absolute Gasteiger partial charge is 0.495 e. The molecule has 166 valence electrons. The summed E-state index contributed by atoms with van der Waals surface area (Å²) in [4.78, 5) is 25.8. The topological polar surface area (TPSA) is 78.9 Å². The number of methoxy groups -OCH3 is 1. The fraction of sp³-hybridized carbons (Fsp3) is 0.391. The second-order valence-electron chi connectivity index (χ2n) is 7.72. The van der Waals surface area contributed by atoms with E-state index >= 15 is 0 Å². The monoisotopic (exact) mass is 492 g/mol. The Bertz CT molecular complexity index is 925. The van der Waals surface area contributed by atoms with Crippen molar-refractivity contribution in [3.05, 3.63) is 58.3 Å². The van der Waals surface area contributed by atoms with Crippen LogP contribution in [0.4, 0.5) is 10.1 Å². The molecule has 1 fully saturated rings. The molecule has 0 aliphatic carbocycles. The van der Waals surface area contributed by atoms with Crippen molar-refractivity contribution in [3.63, 3.8) is 0 Å². The maximum Gasteiger partial charge on any atom is 0.303 e. The zero-order valence-corrected chi connectivity index (χ0v) is 18.9. The molecule has 31 heavy (non-hydrogen) atoms. The van der Waals surface area contributed by atoms with E-state index in [0.717, 1.165) is 0 Å². The van der Waals surface area contributed by atoms with Crippen molar-refractivity contribution in [1.29, 1.82) is 0 Å². The predicted octanol–water partition coefficient (Wildman–Crippen LogP) is 4.45. The molecule has 0 radical (unpaired) electrons. The third kappa shape index (κ3) is 6.27. The lowest BCUT2D eigenvalue weighted by atomic mass is 9.87. The van der Waals surface area contributed by atoms with E-state index in [1.807, 2.05) is 18.2 Å². The van der Waals surface area contributed by atoms with E-state index in [0.29, 0.717) is 47.4 Å². The number of likely N-dealkylation sites (tertiary alicyclic amines) is 1. The molecule has 2 aromatic rings. The van der Waals surface area contributed by atoms with Gasteiger partial charge in [0.25, 0.3) is 0 Å². The lowest BCUT2D eigenvalue weighted by Gasteiger charge is -2.39. The van der Waals surface area contributed by atoms with Crippen LogP contribution >= 0.6 is 15.9 Å². The summed E-state index contributed by atoms with van der Waals surface area (Å²) in [5.41, 5.74) is 1.20. The van der Waals surface area contributed by atoms with Gasteiger partial charge in [-0.2, -0.15) is 0 Å². The molecule has 1 saturated heterocycles. The summed E-state index contributed by atoms with van der Waals surface area (Å²) in [5, 5.41) is 12.5. The van der Waals surface area contributed by atoms with Crippen molar-refractivity contribution >= 4 is 33.4 Å². The summed E-state index contributed by atoms with van der Waals surface area (Å²) < 4.78 is 19.8. The number of ketones is 1. The van der Waals surface area contributed by atoms with Gasteiger partial charge in [0.1, 0.15) is 11.6 Å². The highest BCUT2D eigenvalue weighted by molar-refractivity contribution is 9.10. The Balaban J connectivity index is 1.72. The summed E-state index contributed by atoms with van der Waals surface area (Å²) >= 11 is 3.16. The van der Waals surface area contributed by atoms with Crippen LogP contribution in [0, 0.1) is 11.7 Å². The molecule has 1 aliphatic heterocycles. The summed E-state index contributed by atoms with van der Waals surface area (Å²) in [6, 6.07) is 12.0. The summed E-state index contributed by atoms with van der Waals surface area (Å²) in [7, 11) is 1.52. The number of carboxylic acids is 1. The number of carbonyl (C=O) groups excluding carboxylic acids is 1. The third-order valence-corrected chi connectivity index (χ3v) is 6.20. The number of carbonyl (C=O) groups is 2. The van der Waals surface area contributed by atoms with E-state index in [1.54, 1.807) is 18.2 Å². The standard InChI is InChI=1S/C23H26BrFN2O4/c1-31-22-11-17(24)18(25)12-20(22)26-19-9-10-27(13-16(19)7-8-23(29)30)14-21(28)15-5-3-2-4-6-15/h2-6,11-12,16,19,26H,7-10,13-14H2,1H3,(H,29,30). The molecular formula is C23H26BrFN2O4. The first kappa shape index (κ1) is 23.2. The van der Waals surface area contributed by atoms with Gasteiger partial charge in [-0.15, -0.1) is 0 Å². The zero-order valence-electron chi connectivity index (χ0n) is 17.3. The molecule has 0 spiro atoms. The van der Waals surface area contributed by atoms with Gasteiger partial charge in [-0.25, -0.2) is 4.39 Å². The average Bonchev–Trinajstić information content (AvgIpc) is 2.76. The third-order valence-electron chi connectivity index (χ3n) is 5.59. The molecule has 1 aliphatic rings. The lowest BCUT2D eigenvalue weighted by molar-refractivity contribution is -0.137. The molecule has 2 atom stereocenters. The molecule has 2 N–H and O–H groups in total. The van der Waals surface area contributed by atoms with Gasteiger partial charge >= 0.3 is 5.97 Å². The number of rotatable bonds is 9. The van der Waals surface area contributed by atoms with Gasteiger partial charge in [-0.05, 0) is 40.8 Å². The maximum absolute atomic E-state index is 14.1. The molecule has 0 aromatic heterocycles. The van der Waals surface area contributed by atoms with Gasteiger partial charge in [0.2, 0.25) is 0 Å². The van der Waals surface area contributed by atoms with E-state index < -0.39 is 11.8 Å². The quantitative estimate of drug-likeness (QED) is 0.503. The molecule has 6 nitrogen and oxygen atoms in total. The van der Waals surface area contributed by atoms with Crippen molar-refractivity contribution in [1.82, 2.24) is 4.90 Å². The van der Waals surface area contributed by atoms with Crippen LogP contribution < -0.4 is 10.1 Å². The number of Topliss-reactive ketones (excluding diaryl/α,β-unsaturated/α-hetero) is 1. The number of ether oxygens (including phenoxy) is 1. The Morgan fingerprint density at radius 3 is 2.71 bits per heavy atom. The number of nitrogens with zero attached hydrogens (tertiary/aromatic N) is 1. The first-order chi connectivity index (χ1) is 14.9. The van der Waals surface area contributed by atoms with Crippen molar-refractivity contribution < 1.29 is 23.8 Å². The number of piperidine rings is 1. The Morgan fingerprint density at radius 1 is 1.29 bits per heavy atom. The van der Waals surface area contributed by atoms with Crippen molar-refractivity contribution in [2.75, 3.05) is 32.1 Å². The summed E-state index contributed by atoms with van der Waals surface area (Å²) in [6.45, 7) is 1.56. The normalized spacial score (nSPS) is 19.1. The molecule has 0 saturated carbocycles. The number of hydrogen-bond donors (Lipinski definition) is 2. The van der Waals surface area contributed by atoms with Gasteiger partial charge in [0.05, 0.1) is 23.8 Å². The molecule has 8 heteroatoms. The highest BCUT2D eigenvalue weighted by Crippen LogP contribution is 2.34. The summed E-state index contributed by atoms with van der Waals surface area (Å²) in [6.07, 6.45) is 1.20. The number of anilines is 1. The number of aliphatic carboxylic acids is 1. The Labute approximate surface area is 189 Å². The SMILES string of the molecule is COc1cc(Br)c(F)cc1NC1CCN(CC(=O)c2ccccc2)CC1CCC(=O)O. The number of halogens is 2. The first-order valence-electron chi connectivity index (χ1n) is 10.2. The molecule has 1 heterocycles. The molecule has 0 bridgehead atoms. The van der Waals surface area contributed by atoms with Crippen molar-refractivity contribution in [2.24, 2.45) is 5.92 Å². The van der Waals surface area contributed by atoms with E-state index in [9.17, 15) is 14.0 Å². The van der Waals surface area contributed by atoms with Crippen molar-refractivity contribution in [3.8, 4) is 5.75 Å². The molecular weight excluding hydrogens is 467 g/mol. The van der Waals surface area contributed by atoms with Crippen LogP contribution in [0.5, 0.6) is 5.75 Å². The highest BCUT2D eigenvalue weighted by Gasteiger charge is 2.31. The van der Waals surface area contributed by atoms with Gasteiger partial charge in [0.15, 0.2) is 5.78 Å². The smallest absolute Gasteiger partial charge is 0.303 e. The lowest BCUT2D eigenvalue weighted by Crippen LogP contribution is -2.48. The Kier molecular flexibility index (Phi) is 8.03. The van der Waals surface area contributed by atoms with Crippen LogP contribution in [0.1, 0.15) is 29.6 Å². The van der Waals surface area contributed by atoms with E-state index in [2.05, 4.69) is 26.1 Å². The van der Waals surface area contributed by atoms with Crippen LogP contribution in [0.25, 0.3) is 0 Å². The van der Waals surface area contributed by atoms with Gasteiger partial charge in [-0.3, -0.25) is 14.5 Å². The van der Waals surface area contributed by atoms with Crippen LogP contribution in [-0.2, 0) is 4.79 Å². The summed E-state index contributed by atoms with van der Waals surface area (Å²) in [5.74, 6) is -0.725. The fourth-order valence-electron chi connectivity index (χ4n) is 3.97. The fourth-order valence-corrected chi connectivity index (χ4v) is 4.29. The van der Waals surface area contributed by atoms with Crippen LogP contribution in [-0.4, -0.2) is 54.5 Å². The predicted molar refractivity (Wildman–Crippen MR) is 120 cm³/mol. The van der Waals surface area contributed by atoms with Crippen molar-refractivity contribution in [2.45, 2.75) is 25.3 Å². The molecule has 2 unspecified atom stereocenters. The van der Waals surface area contributed by atoms with Gasteiger partial charge < -0.3 is 15.2 Å². The second kappa shape index (κ2) is 10.7. The molecule has 3 rings (SSSR count). The average molecular weight is 493 g/mol. The zero-order chi connectivity index (χ0) is 22.4. The maximum atomic E-state index is 14.1. The van der Waals surface area contributed by atoms with Gasteiger partial charge in [0, 0.05) is 37.2 Å². The number of nitrogens with one attached hydrogen (secondary N) is 1. The molecule has 0 amide bonds. The Morgan fingerprint density at radius 2 is 2.03 bits per heavy atom. The van der Waals surface area contributed by atoms with E-state index in [-0.39, 0.29) is 30.7 Å². The van der Waals surface area contributed by atoms with Crippen LogP contribution in [0.3, 0.4) is 0 Å². The minimum atomic E-state index is -0.858. The van der Waals surface area contributed by atoms with E-state index in [4.69, 9.17) is 9.84 Å².